The SMILES string of the molecule is O=C(O)[C@H]1CCCN1C(=O)c1cccc(C2CCOC2)c1. The second-order valence-corrected chi connectivity index (χ2v) is 5.68. The topological polar surface area (TPSA) is 66.8 Å². The lowest BCUT2D eigenvalue weighted by molar-refractivity contribution is -0.141. The molecule has 1 aromatic carbocycles. The highest BCUT2D eigenvalue weighted by molar-refractivity contribution is 5.97. The molecule has 112 valence electrons. The highest BCUT2D eigenvalue weighted by atomic mass is 16.5. The molecule has 0 saturated carbocycles. The number of aliphatic carboxylic acids is 1. The van der Waals surface area contributed by atoms with E-state index in [0.717, 1.165) is 25.0 Å². The number of benzene rings is 1. The van der Waals surface area contributed by atoms with Crippen molar-refractivity contribution in [3.05, 3.63) is 35.4 Å². The molecule has 1 amide bonds. The predicted octanol–water partition coefficient (Wildman–Crippen LogP) is 1.88. The number of nitrogens with zero attached hydrogens (tertiary/aromatic N) is 1. The minimum atomic E-state index is -0.916. The lowest BCUT2D eigenvalue weighted by Crippen LogP contribution is -2.40. The third kappa shape index (κ3) is 2.78. The van der Waals surface area contributed by atoms with Crippen LogP contribution in [0.2, 0.25) is 0 Å². The zero-order chi connectivity index (χ0) is 14.8. The van der Waals surface area contributed by atoms with Crippen molar-refractivity contribution in [2.24, 2.45) is 0 Å². The van der Waals surface area contributed by atoms with Crippen LogP contribution < -0.4 is 0 Å². The summed E-state index contributed by atoms with van der Waals surface area (Å²) >= 11 is 0. The minimum absolute atomic E-state index is 0.180. The normalized spacial score (nSPS) is 25.2. The fourth-order valence-corrected chi connectivity index (χ4v) is 3.16. The van der Waals surface area contributed by atoms with E-state index in [9.17, 15) is 14.7 Å². The van der Waals surface area contributed by atoms with Gasteiger partial charge in [0.2, 0.25) is 0 Å². The third-order valence-electron chi connectivity index (χ3n) is 4.33. The van der Waals surface area contributed by atoms with E-state index < -0.39 is 12.0 Å². The summed E-state index contributed by atoms with van der Waals surface area (Å²) in [6, 6.07) is 6.84. The van der Waals surface area contributed by atoms with Crippen molar-refractivity contribution in [1.82, 2.24) is 4.90 Å². The van der Waals surface area contributed by atoms with Gasteiger partial charge in [0.1, 0.15) is 6.04 Å². The second-order valence-electron chi connectivity index (χ2n) is 5.68. The summed E-state index contributed by atoms with van der Waals surface area (Å²) in [6.45, 7) is 1.97. The Balaban J connectivity index is 1.81. The number of amides is 1. The van der Waals surface area contributed by atoms with Crippen molar-refractivity contribution in [3.8, 4) is 0 Å². The number of rotatable bonds is 3. The van der Waals surface area contributed by atoms with Gasteiger partial charge in [-0.15, -0.1) is 0 Å². The van der Waals surface area contributed by atoms with Crippen molar-refractivity contribution in [2.45, 2.75) is 31.2 Å². The second kappa shape index (κ2) is 5.85. The summed E-state index contributed by atoms with van der Waals surface area (Å²) in [7, 11) is 0. The summed E-state index contributed by atoms with van der Waals surface area (Å²) in [4.78, 5) is 25.3. The summed E-state index contributed by atoms with van der Waals surface area (Å²) in [5.41, 5.74) is 1.68. The zero-order valence-corrected chi connectivity index (χ0v) is 11.8. The van der Waals surface area contributed by atoms with Crippen molar-refractivity contribution in [2.75, 3.05) is 19.8 Å². The monoisotopic (exact) mass is 289 g/mol. The first-order valence-electron chi connectivity index (χ1n) is 7.38. The van der Waals surface area contributed by atoms with Crippen molar-refractivity contribution in [1.29, 1.82) is 0 Å². The van der Waals surface area contributed by atoms with Gasteiger partial charge in [-0.05, 0) is 37.0 Å². The van der Waals surface area contributed by atoms with E-state index in [1.165, 1.54) is 4.90 Å². The van der Waals surface area contributed by atoms with Gasteiger partial charge < -0.3 is 14.7 Å². The number of carboxylic acid groups (broad SMARTS) is 1. The molecule has 0 aliphatic carbocycles. The molecular weight excluding hydrogens is 270 g/mol. The van der Waals surface area contributed by atoms with Gasteiger partial charge >= 0.3 is 5.97 Å². The smallest absolute Gasteiger partial charge is 0.326 e. The molecular formula is C16H19NO4. The molecule has 2 fully saturated rings. The van der Waals surface area contributed by atoms with Gasteiger partial charge in [-0.2, -0.15) is 0 Å². The molecule has 2 atom stereocenters. The fraction of sp³-hybridized carbons (Fsp3) is 0.500. The van der Waals surface area contributed by atoms with E-state index in [1.54, 1.807) is 6.07 Å². The van der Waals surface area contributed by atoms with Gasteiger partial charge in [0.15, 0.2) is 0 Å². The van der Waals surface area contributed by atoms with Crippen LogP contribution in [0.1, 0.15) is 41.1 Å². The quantitative estimate of drug-likeness (QED) is 0.922. The van der Waals surface area contributed by atoms with Crippen LogP contribution in [0.15, 0.2) is 24.3 Å². The molecule has 5 heteroatoms. The minimum Gasteiger partial charge on any atom is -0.480 e. The maximum Gasteiger partial charge on any atom is 0.326 e. The Labute approximate surface area is 123 Å². The molecule has 0 bridgehead atoms. The number of hydrogen-bond donors (Lipinski definition) is 1. The molecule has 0 spiro atoms. The first-order valence-corrected chi connectivity index (χ1v) is 7.38. The van der Waals surface area contributed by atoms with Crippen LogP contribution in [0.5, 0.6) is 0 Å². The third-order valence-corrected chi connectivity index (χ3v) is 4.33. The molecule has 1 N–H and O–H groups in total. The lowest BCUT2D eigenvalue weighted by atomic mass is 9.96. The number of likely N-dealkylation sites (tertiary alicyclic amines) is 1. The summed E-state index contributed by atoms with van der Waals surface area (Å²) in [5, 5.41) is 9.20. The van der Waals surface area contributed by atoms with Gasteiger partial charge in [-0.3, -0.25) is 4.79 Å². The van der Waals surface area contributed by atoms with Crippen LogP contribution in [0.25, 0.3) is 0 Å². The molecule has 3 rings (SSSR count). The standard InChI is InChI=1S/C16H19NO4/c18-15(17-7-2-5-14(17)16(19)20)12-4-1-3-11(9-12)13-6-8-21-10-13/h1,3-4,9,13-14H,2,5-8,10H2,(H,19,20)/t13?,14-/m1/s1. The van der Waals surface area contributed by atoms with Gasteiger partial charge in [-0.1, -0.05) is 12.1 Å². The van der Waals surface area contributed by atoms with Gasteiger partial charge in [-0.25, -0.2) is 4.79 Å². The highest BCUT2D eigenvalue weighted by Gasteiger charge is 2.34. The average Bonchev–Trinajstić information content (AvgIpc) is 3.17. The van der Waals surface area contributed by atoms with Crippen molar-refractivity contribution >= 4 is 11.9 Å². The highest BCUT2D eigenvalue weighted by Crippen LogP contribution is 2.27. The molecule has 1 unspecified atom stereocenters. The first kappa shape index (κ1) is 14.1. The van der Waals surface area contributed by atoms with Crippen LogP contribution in [0.4, 0.5) is 0 Å². The molecule has 2 heterocycles. The largest absolute Gasteiger partial charge is 0.480 e. The first-order chi connectivity index (χ1) is 10.2. The maximum absolute atomic E-state index is 12.6. The molecule has 2 aliphatic heterocycles. The number of carbonyl (C=O) groups is 2. The Hall–Kier alpha value is -1.88. The molecule has 2 aliphatic rings. The van der Waals surface area contributed by atoms with Gasteiger partial charge in [0.25, 0.3) is 5.91 Å². The summed E-state index contributed by atoms with van der Waals surface area (Å²) in [6.07, 6.45) is 2.26. The lowest BCUT2D eigenvalue weighted by Gasteiger charge is -2.22. The maximum atomic E-state index is 12.6. The Bertz CT molecular complexity index is 551. The van der Waals surface area contributed by atoms with Crippen LogP contribution in [0.3, 0.4) is 0 Å². The molecule has 0 aromatic heterocycles. The Morgan fingerprint density at radius 2 is 2.14 bits per heavy atom. The van der Waals surface area contributed by atoms with E-state index >= 15 is 0 Å². The number of hydrogen-bond acceptors (Lipinski definition) is 3. The van der Waals surface area contributed by atoms with E-state index in [2.05, 4.69) is 0 Å². The van der Waals surface area contributed by atoms with E-state index in [0.29, 0.717) is 31.1 Å². The van der Waals surface area contributed by atoms with Crippen LogP contribution >= 0.6 is 0 Å². The van der Waals surface area contributed by atoms with E-state index in [4.69, 9.17) is 4.74 Å². The van der Waals surface area contributed by atoms with E-state index in [1.807, 2.05) is 18.2 Å². The molecule has 21 heavy (non-hydrogen) atoms. The summed E-state index contributed by atoms with van der Waals surface area (Å²) < 4.78 is 5.39. The number of carbonyl (C=O) groups excluding carboxylic acids is 1. The molecule has 2 saturated heterocycles. The predicted molar refractivity (Wildman–Crippen MR) is 76.3 cm³/mol. The van der Waals surface area contributed by atoms with Gasteiger partial charge in [0, 0.05) is 24.6 Å². The molecule has 1 aromatic rings. The van der Waals surface area contributed by atoms with Crippen molar-refractivity contribution < 1.29 is 19.4 Å². The van der Waals surface area contributed by atoms with Crippen LogP contribution in [-0.4, -0.2) is 47.7 Å². The fourth-order valence-electron chi connectivity index (χ4n) is 3.16. The Morgan fingerprint density at radius 3 is 2.86 bits per heavy atom. The Morgan fingerprint density at radius 1 is 1.29 bits per heavy atom. The van der Waals surface area contributed by atoms with E-state index in [-0.39, 0.29) is 5.91 Å². The zero-order valence-electron chi connectivity index (χ0n) is 11.8. The molecule has 5 nitrogen and oxygen atoms in total. The van der Waals surface area contributed by atoms with Crippen molar-refractivity contribution in [3.63, 3.8) is 0 Å². The average molecular weight is 289 g/mol. The Kier molecular flexibility index (Phi) is 3.92. The number of ether oxygens (including phenoxy) is 1. The van der Waals surface area contributed by atoms with Gasteiger partial charge in [0.05, 0.1) is 6.61 Å². The van der Waals surface area contributed by atoms with Crippen LogP contribution in [0, 0.1) is 0 Å². The number of carboxylic acids is 1. The van der Waals surface area contributed by atoms with Crippen LogP contribution in [-0.2, 0) is 9.53 Å². The summed E-state index contributed by atoms with van der Waals surface area (Å²) in [5.74, 6) is -0.756. The molecule has 0 radical (unpaired) electrons.